The van der Waals surface area contributed by atoms with Crippen molar-refractivity contribution < 1.29 is 19.1 Å². The van der Waals surface area contributed by atoms with Crippen LogP contribution in [0, 0.1) is 0 Å². The van der Waals surface area contributed by atoms with E-state index in [2.05, 4.69) is 5.32 Å². The van der Waals surface area contributed by atoms with E-state index in [-0.39, 0.29) is 24.9 Å². The monoisotopic (exact) mass is 376 g/mol. The fourth-order valence-corrected chi connectivity index (χ4v) is 2.61. The van der Waals surface area contributed by atoms with Crippen LogP contribution in [0.25, 0.3) is 0 Å². The lowest BCUT2D eigenvalue weighted by Gasteiger charge is -2.21. The van der Waals surface area contributed by atoms with Crippen molar-refractivity contribution in [2.24, 2.45) is 0 Å². The second kappa shape index (κ2) is 9.10. The summed E-state index contributed by atoms with van der Waals surface area (Å²) in [6.45, 7) is 1.63. The Morgan fingerprint density at radius 3 is 2.42 bits per heavy atom. The smallest absolute Gasteiger partial charge is 0.244 e. The number of ether oxygens (including phenoxy) is 2. The molecule has 0 spiro atoms. The Hall–Kier alpha value is -2.73. The number of hydrogen-bond donors (Lipinski definition) is 1. The van der Waals surface area contributed by atoms with Crippen LogP contribution >= 0.6 is 11.6 Å². The molecule has 0 radical (unpaired) electrons. The molecule has 0 heterocycles. The highest BCUT2D eigenvalue weighted by Crippen LogP contribution is 2.28. The molecule has 0 saturated carbocycles. The summed E-state index contributed by atoms with van der Waals surface area (Å²) in [5.41, 5.74) is 1.41. The predicted molar refractivity (Wildman–Crippen MR) is 101 cm³/mol. The number of nitrogens with one attached hydrogen (secondary N) is 1. The minimum absolute atomic E-state index is 0.0732. The fourth-order valence-electron chi connectivity index (χ4n) is 2.42. The average Bonchev–Trinajstić information content (AvgIpc) is 2.60. The fraction of sp³-hybridized carbons (Fsp3) is 0.263. The van der Waals surface area contributed by atoms with E-state index in [0.29, 0.717) is 22.2 Å². The summed E-state index contributed by atoms with van der Waals surface area (Å²) in [4.78, 5) is 25.6. The van der Waals surface area contributed by atoms with Gasteiger partial charge in [-0.25, -0.2) is 0 Å². The van der Waals surface area contributed by atoms with Crippen molar-refractivity contribution >= 4 is 29.1 Å². The van der Waals surface area contributed by atoms with Gasteiger partial charge in [0.05, 0.1) is 14.2 Å². The molecule has 0 saturated heterocycles. The maximum absolute atomic E-state index is 12.3. The number of methoxy groups -OCH3 is 2. The number of anilines is 1. The van der Waals surface area contributed by atoms with Crippen molar-refractivity contribution in [1.82, 2.24) is 4.90 Å². The van der Waals surface area contributed by atoms with Gasteiger partial charge < -0.3 is 19.7 Å². The van der Waals surface area contributed by atoms with Crippen molar-refractivity contribution in [1.29, 1.82) is 0 Å². The highest BCUT2D eigenvalue weighted by Gasteiger charge is 2.15. The Balaban J connectivity index is 2.07. The Labute approximate surface area is 157 Å². The second-order valence-electron chi connectivity index (χ2n) is 5.62. The number of carbonyl (C=O) groups excluding carboxylic acids is 2. The summed E-state index contributed by atoms with van der Waals surface area (Å²) < 4.78 is 10.5. The van der Waals surface area contributed by atoms with Gasteiger partial charge in [-0.3, -0.25) is 9.59 Å². The molecule has 0 unspecified atom stereocenters. The molecule has 1 N–H and O–H groups in total. The van der Waals surface area contributed by atoms with Gasteiger partial charge in [0.15, 0.2) is 11.5 Å². The van der Waals surface area contributed by atoms with E-state index in [1.54, 1.807) is 50.6 Å². The lowest BCUT2D eigenvalue weighted by atomic mass is 10.2. The van der Waals surface area contributed by atoms with Crippen LogP contribution in [0.5, 0.6) is 11.5 Å². The predicted octanol–water partition coefficient (Wildman–Crippen LogP) is 3.34. The van der Waals surface area contributed by atoms with E-state index in [1.165, 1.54) is 11.8 Å². The van der Waals surface area contributed by atoms with Crippen LogP contribution < -0.4 is 14.8 Å². The third kappa shape index (κ3) is 5.39. The molecular formula is C19H21ClN2O4. The van der Waals surface area contributed by atoms with Crippen LogP contribution in [-0.4, -0.2) is 37.5 Å². The number of benzene rings is 2. The molecule has 2 rings (SSSR count). The Kier molecular flexibility index (Phi) is 6.86. The summed E-state index contributed by atoms with van der Waals surface area (Å²) in [5, 5.41) is 3.26. The lowest BCUT2D eigenvalue weighted by Crippen LogP contribution is -2.36. The first kappa shape index (κ1) is 19.6. The zero-order valence-corrected chi connectivity index (χ0v) is 15.7. The van der Waals surface area contributed by atoms with E-state index in [0.717, 1.165) is 5.56 Å². The summed E-state index contributed by atoms with van der Waals surface area (Å²) in [6, 6.07) is 12.2. The summed E-state index contributed by atoms with van der Waals surface area (Å²) >= 11 is 5.91. The van der Waals surface area contributed by atoms with Gasteiger partial charge in [-0.1, -0.05) is 23.7 Å². The summed E-state index contributed by atoms with van der Waals surface area (Å²) in [5.74, 6) is 0.658. The van der Waals surface area contributed by atoms with Crippen LogP contribution in [0.2, 0.25) is 5.02 Å². The maximum atomic E-state index is 12.3. The van der Waals surface area contributed by atoms with Crippen molar-refractivity contribution in [3.8, 4) is 11.5 Å². The SMILES string of the molecule is COc1ccc(CN(CC(=O)Nc2cccc(Cl)c2)C(C)=O)cc1OC. The Morgan fingerprint density at radius 2 is 1.81 bits per heavy atom. The molecular weight excluding hydrogens is 356 g/mol. The molecule has 0 fully saturated rings. The van der Waals surface area contributed by atoms with Crippen molar-refractivity contribution in [2.45, 2.75) is 13.5 Å². The first-order chi connectivity index (χ1) is 12.4. The molecule has 0 aromatic heterocycles. The zero-order chi connectivity index (χ0) is 19.1. The molecule has 2 aromatic rings. The van der Waals surface area contributed by atoms with Crippen LogP contribution in [0.3, 0.4) is 0 Å². The first-order valence-electron chi connectivity index (χ1n) is 7.94. The average molecular weight is 377 g/mol. The van der Waals surface area contributed by atoms with E-state index >= 15 is 0 Å². The standard InChI is InChI=1S/C19H21ClN2O4/c1-13(23)22(11-14-7-8-17(25-2)18(9-14)26-3)12-19(24)21-16-6-4-5-15(20)10-16/h4-10H,11-12H2,1-3H3,(H,21,24). The van der Waals surface area contributed by atoms with Gasteiger partial charge in [-0.05, 0) is 35.9 Å². The number of amides is 2. The number of halogens is 1. The van der Waals surface area contributed by atoms with Crippen LogP contribution in [0.15, 0.2) is 42.5 Å². The highest BCUT2D eigenvalue weighted by atomic mass is 35.5. The molecule has 6 nitrogen and oxygen atoms in total. The number of nitrogens with zero attached hydrogens (tertiary/aromatic N) is 1. The van der Waals surface area contributed by atoms with Gasteiger partial charge in [0.1, 0.15) is 6.54 Å². The molecule has 0 aliphatic carbocycles. The molecule has 2 aromatic carbocycles. The van der Waals surface area contributed by atoms with Crippen LogP contribution in [-0.2, 0) is 16.1 Å². The largest absolute Gasteiger partial charge is 0.493 e. The Bertz CT molecular complexity index is 795. The normalized spacial score (nSPS) is 10.2. The minimum atomic E-state index is -0.303. The van der Waals surface area contributed by atoms with Crippen LogP contribution in [0.1, 0.15) is 12.5 Å². The van der Waals surface area contributed by atoms with Crippen molar-refractivity contribution in [3.63, 3.8) is 0 Å². The minimum Gasteiger partial charge on any atom is -0.493 e. The van der Waals surface area contributed by atoms with Gasteiger partial charge in [0, 0.05) is 24.2 Å². The molecule has 0 atom stereocenters. The van der Waals surface area contributed by atoms with Gasteiger partial charge in [-0.2, -0.15) is 0 Å². The lowest BCUT2D eigenvalue weighted by molar-refractivity contribution is -0.133. The quantitative estimate of drug-likeness (QED) is 0.804. The zero-order valence-electron chi connectivity index (χ0n) is 14.9. The van der Waals surface area contributed by atoms with Crippen molar-refractivity contribution in [2.75, 3.05) is 26.1 Å². The van der Waals surface area contributed by atoms with E-state index in [1.807, 2.05) is 6.07 Å². The first-order valence-corrected chi connectivity index (χ1v) is 8.32. The van der Waals surface area contributed by atoms with E-state index < -0.39 is 0 Å². The van der Waals surface area contributed by atoms with Gasteiger partial charge >= 0.3 is 0 Å². The number of carbonyl (C=O) groups is 2. The summed E-state index contributed by atoms with van der Waals surface area (Å²) in [6.07, 6.45) is 0. The Morgan fingerprint density at radius 1 is 1.08 bits per heavy atom. The molecule has 0 aliphatic heterocycles. The van der Waals surface area contributed by atoms with Crippen molar-refractivity contribution in [3.05, 3.63) is 53.1 Å². The number of rotatable bonds is 7. The van der Waals surface area contributed by atoms with Crippen LogP contribution in [0.4, 0.5) is 5.69 Å². The summed E-state index contributed by atoms with van der Waals surface area (Å²) in [7, 11) is 3.10. The van der Waals surface area contributed by atoms with Gasteiger partial charge in [-0.15, -0.1) is 0 Å². The van der Waals surface area contributed by atoms with Gasteiger partial charge in [0.2, 0.25) is 11.8 Å². The number of hydrogen-bond acceptors (Lipinski definition) is 4. The molecule has 7 heteroatoms. The third-order valence-electron chi connectivity index (χ3n) is 3.71. The van der Waals surface area contributed by atoms with Gasteiger partial charge in [0.25, 0.3) is 0 Å². The topological polar surface area (TPSA) is 67.9 Å². The molecule has 0 aliphatic rings. The van der Waals surface area contributed by atoms with E-state index in [4.69, 9.17) is 21.1 Å². The van der Waals surface area contributed by atoms with E-state index in [9.17, 15) is 9.59 Å². The highest BCUT2D eigenvalue weighted by molar-refractivity contribution is 6.30. The molecule has 26 heavy (non-hydrogen) atoms. The molecule has 138 valence electrons. The third-order valence-corrected chi connectivity index (χ3v) is 3.94. The maximum Gasteiger partial charge on any atom is 0.244 e. The molecule has 0 bridgehead atoms. The second-order valence-corrected chi connectivity index (χ2v) is 6.06. The molecule has 2 amide bonds.